The molecule has 3 aromatic carbocycles. The first-order chi connectivity index (χ1) is 18.4. The normalized spacial score (nSPS) is 23.2. The quantitative estimate of drug-likeness (QED) is 0.330. The molecule has 1 fully saturated rings. The monoisotopic (exact) mass is 552 g/mol. The molecule has 2 amide bonds. The first-order valence-electron chi connectivity index (χ1n) is 12.2. The van der Waals surface area contributed by atoms with E-state index >= 15 is 0 Å². The smallest absolute Gasteiger partial charge is 0.255 e. The van der Waals surface area contributed by atoms with Gasteiger partial charge in [-0.05, 0) is 41.9 Å². The predicted octanol–water partition coefficient (Wildman–Crippen LogP) is 4.97. The highest BCUT2D eigenvalue weighted by Crippen LogP contribution is 2.47. The van der Waals surface area contributed by atoms with Crippen LogP contribution in [0.4, 0.5) is 0 Å². The van der Waals surface area contributed by atoms with Crippen molar-refractivity contribution in [1.82, 2.24) is 15.3 Å². The molecule has 2 heterocycles. The van der Waals surface area contributed by atoms with Crippen LogP contribution in [0.5, 0.6) is 0 Å². The number of likely N-dealkylation sites (N-methyl/N-ethyl adjacent to an activating group) is 1. The molecule has 2 aliphatic rings. The Kier molecular flexibility index (Phi) is 7.76. The number of hydrogen-bond acceptors (Lipinski definition) is 6. The van der Waals surface area contributed by atoms with E-state index < -0.39 is 30.0 Å². The highest BCUT2D eigenvalue weighted by atomic mass is 35.5. The maximum Gasteiger partial charge on any atom is 0.255 e. The zero-order valence-electron chi connectivity index (χ0n) is 20.6. The predicted molar refractivity (Wildman–Crippen MR) is 145 cm³/mol. The molecule has 2 aliphatic heterocycles. The number of carbonyl (C=O) groups is 2. The lowest BCUT2D eigenvalue weighted by molar-refractivity contribution is -0.138. The van der Waals surface area contributed by atoms with Crippen molar-refractivity contribution in [2.75, 3.05) is 20.1 Å². The average molecular weight is 553 g/mol. The Morgan fingerprint density at radius 1 is 1.03 bits per heavy atom. The maximum absolute atomic E-state index is 14.0. The van der Waals surface area contributed by atoms with Crippen LogP contribution in [0.3, 0.4) is 0 Å². The molecule has 0 aromatic heterocycles. The fraction of sp³-hybridized carbons (Fsp3) is 0.286. The lowest BCUT2D eigenvalue weighted by atomic mass is 9.78. The molecule has 8 nitrogen and oxygen atoms in total. The summed E-state index contributed by atoms with van der Waals surface area (Å²) >= 11 is 12.9. The van der Waals surface area contributed by atoms with Gasteiger partial charge in [0.25, 0.3) is 11.8 Å². The zero-order chi connectivity index (χ0) is 26.8. The van der Waals surface area contributed by atoms with Gasteiger partial charge in [-0.1, -0.05) is 83.0 Å². The molecule has 38 heavy (non-hydrogen) atoms. The average Bonchev–Trinajstić information content (AvgIpc) is 3.29. The van der Waals surface area contributed by atoms with E-state index in [9.17, 15) is 14.5 Å². The summed E-state index contributed by atoms with van der Waals surface area (Å²) in [7, 11) is 1.87. The van der Waals surface area contributed by atoms with Crippen molar-refractivity contribution in [2.24, 2.45) is 5.18 Å². The Morgan fingerprint density at radius 2 is 1.76 bits per heavy atom. The summed E-state index contributed by atoms with van der Waals surface area (Å²) in [5.41, 5.74) is 4.96. The fourth-order valence-electron chi connectivity index (χ4n) is 5.43. The van der Waals surface area contributed by atoms with E-state index in [2.05, 4.69) is 10.7 Å². The van der Waals surface area contributed by atoms with Crippen molar-refractivity contribution in [3.63, 3.8) is 0 Å². The second-order valence-electron chi connectivity index (χ2n) is 9.59. The molecule has 0 saturated carbocycles. The summed E-state index contributed by atoms with van der Waals surface area (Å²) in [6.07, 6.45) is 0. The van der Waals surface area contributed by atoms with Gasteiger partial charge >= 0.3 is 0 Å². The van der Waals surface area contributed by atoms with Gasteiger partial charge in [0.2, 0.25) is 0 Å². The van der Waals surface area contributed by atoms with Crippen LogP contribution in [0.1, 0.15) is 39.0 Å². The van der Waals surface area contributed by atoms with Crippen molar-refractivity contribution in [2.45, 2.75) is 30.7 Å². The van der Waals surface area contributed by atoms with Gasteiger partial charge in [-0.15, -0.1) is 0 Å². The number of halogens is 2. The maximum atomic E-state index is 14.0. The molecule has 4 unspecified atom stereocenters. The van der Waals surface area contributed by atoms with Crippen LogP contribution in [0.2, 0.25) is 10.0 Å². The molecular formula is C28H26Cl2N4O4. The number of rotatable bonds is 7. The van der Waals surface area contributed by atoms with Crippen molar-refractivity contribution in [3.05, 3.63) is 110 Å². The Morgan fingerprint density at radius 3 is 2.50 bits per heavy atom. The molecule has 0 aliphatic carbocycles. The van der Waals surface area contributed by atoms with E-state index in [4.69, 9.17) is 28.0 Å². The van der Waals surface area contributed by atoms with Gasteiger partial charge in [-0.25, -0.2) is 5.48 Å². The molecule has 0 bridgehead atoms. The number of hydrogen-bond donors (Lipinski definition) is 1. The summed E-state index contributed by atoms with van der Waals surface area (Å²) in [5.74, 6) is -1.61. The van der Waals surface area contributed by atoms with Crippen LogP contribution in [0, 0.1) is 4.91 Å². The highest BCUT2D eigenvalue weighted by Gasteiger charge is 2.51. The van der Waals surface area contributed by atoms with Crippen LogP contribution in [-0.2, 0) is 16.2 Å². The van der Waals surface area contributed by atoms with E-state index in [0.717, 1.165) is 5.56 Å². The van der Waals surface area contributed by atoms with Crippen LogP contribution < -0.4 is 5.48 Å². The number of benzene rings is 3. The van der Waals surface area contributed by atoms with Crippen LogP contribution in [0.25, 0.3) is 0 Å². The Balaban J connectivity index is 1.59. The number of amides is 2. The van der Waals surface area contributed by atoms with Gasteiger partial charge in [0.05, 0.1) is 24.6 Å². The molecule has 4 atom stereocenters. The number of nitrogens with one attached hydrogen (secondary N) is 1. The lowest BCUT2D eigenvalue weighted by Crippen LogP contribution is -2.54. The number of carbonyl (C=O) groups excluding carboxylic acids is 2. The van der Waals surface area contributed by atoms with Gasteiger partial charge < -0.3 is 9.80 Å². The number of fused-ring (bicyclic) bond motifs is 1. The fourth-order valence-corrected chi connectivity index (χ4v) is 5.95. The third kappa shape index (κ3) is 5.05. The van der Waals surface area contributed by atoms with E-state index in [1.807, 2.05) is 42.3 Å². The summed E-state index contributed by atoms with van der Waals surface area (Å²) in [4.78, 5) is 48.9. The first-order valence-corrected chi connectivity index (χ1v) is 13.0. The number of nitroso groups, excluding NO2 is 1. The standard InChI is InChI=1S/C28H26Cl2N4O4/c1-33-14-23(31-37)24(15-33)34-26(21-12-11-18(29)13-22(21)30)25(19-9-5-6-10-20(19)28(34)36)27(35)32-38-16-17-7-3-2-4-8-17/h2-13,23-26H,14-16H2,1H3,(H,32,35). The number of likely N-dealkylation sites (tertiary alicyclic amines) is 1. The molecule has 5 rings (SSSR count). The lowest BCUT2D eigenvalue weighted by Gasteiger charge is -2.45. The van der Waals surface area contributed by atoms with Crippen LogP contribution in [-0.4, -0.2) is 53.8 Å². The van der Waals surface area contributed by atoms with E-state index in [0.29, 0.717) is 39.8 Å². The van der Waals surface area contributed by atoms with Crippen molar-refractivity contribution < 1.29 is 14.4 Å². The minimum atomic E-state index is -0.878. The molecule has 0 radical (unpaired) electrons. The van der Waals surface area contributed by atoms with Gasteiger partial charge in [0.15, 0.2) is 0 Å². The summed E-state index contributed by atoms with van der Waals surface area (Å²) in [6.45, 7) is 0.989. The topological polar surface area (TPSA) is 91.3 Å². The third-order valence-electron chi connectivity index (χ3n) is 7.13. The van der Waals surface area contributed by atoms with E-state index in [1.54, 1.807) is 47.4 Å². The molecule has 0 spiro atoms. The molecular weight excluding hydrogens is 527 g/mol. The third-order valence-corrected chi connectivity index (χ3v) is 7.69. The molecule has 1 N–H and O–H groups in total. The minimum Gasteiger partial charge on any atom is -0.324 e. The highest BCUT2D eigenvalue weighted by molar-refractivity contribution is 6.35. The molecule has 1 saturated heterocycles. The van der Waals surface area contributed by atoms with Gasteiger partial charge in [0.1, 0.15) is 6.04 Å². The second kappa shape index (κ2) is 11.2. The Labute approximate surface area is 230 Å². The van der Waals surface area contributed by atoms with Crippen molar-refractivity contribution >= 4 is 35.0 Å². The Bertz CT molecular complexity index is 1360. The molecule has 10 heteroatoms. The van der Waals surface area contributed by atoms with Gasteiger partial charge in [-0.3, -0.25) is 14.4 Å². The van der Waals surface area contributed by atoms with Gasteiger partial charge in [0, 0.05) is 28.7 Å². The van der Waals surface area contributed by atoms with E-state index in [1.165, 1.54) is 0 Å². The van der Waals surface area contributed by atoms with Gasteiger partial charge in [-0.2, -0.15) is 4.91 Å². The molecule has 3 aromatic rings. The van der Waals surface area contributed by atoms with Crippen molar-refractivity contribution in [1.29, 1.82) is 0 Å². The SMILES string of the molecule is CN1CC(N=O)C(N2C(=O)c3ccccc3C(C(=O)NOCc3ccccc3)C2c2ccc(Cl)cc2Cl)C1. The zero-order valence-corrected chi connectivity index (χ0v) is 22.1. The summed E-state index contributed by atoms with van der Waals surface area (Å²) in [5, 5.41) is 4.07. The Hall–Kier alpha value is -3.30. The van der Waals surface area contributed by atoms with Crippen LogP contribution in [0.15, 0.2) is 78.0 Å². The summed E-state index contributed by atoms with van der Waals surface area (Å²) in [6, 6.07) is 19.4. The molecule has 196 valence electrons. The number of nitrogens with zero attached hydrogens (tertiary/aromatic N) is 3. The second-order valence-corrected chi connectivity index (χ2v) is 10.4. The minimum absolute atomic E-state index is 0.167. The van der Waals surface area contributed by atoms with Crippen LogP contribution >= 0.6 is 23.2 Å². The summed E-state index contributed by atoms with van der Waals surface area (Å²) < 4.78 is 0. The van der Waals surface area contributed by atoms with E-state index in [-0.39, 0.29) is 12.5 Å². The first kappa shape index (κ1) is 26.3. The number of hydroxylamine groups is 1. The van der Waals surface area contributed by atoms with Crippen molar-refractivity contribution in [3.8, 4) is 0 Å². The largest absolute Gasteiger partial charge is 0.324 e.